The van der Waals surface area contributed by atoms with E-state index in [2.05, 4.69) is 0 Å². The molecule has 0 heterocycles. The number of carbonyl (C=O) groups is 1. The zero-order valence-electron chi connectivity index (χ0n) is 14.2. The summed E-state index contributed by atoms with van der Waals surface area (Å²) in [5.74, 6) is -0.408. The molecule has 132 valence electrons. The molecule has 2 rings (SSSR count). The molecule has 7 heteroatoms. The van der Waals surface area contributed by atoms with Gasteiger partial charge >= 0.3 is 0 Å². The van der Waals surface area contributed by atoms with Gasteiger partial charge in [-0.3, -0.25) is 14.9 Å². The summed E-state index contributed by atoms with van der Waals surface area (Å²) in [5.41, 5.74) is 5.21. The highest BCUT2D eigenvalue weighted by molar-refractivity contribution is 5.95. The molecule has 2 aromatic rings. The SMILES string of the molecule is CC(C)(O)CN(Cc1ccccc1)C(=O)c1ccc(N)c([N+](=O)[O-])c1. The smallest absolute Gasteiger partial charge is 0.292 e. The van der Waals surface area contributed by atoms with Crippen LogP contribution in [0.25, 0.3) is 0 Å². The number of amides is 1. The first kappa shape index (κ1) is 18.4. The third kappa shape index (κ3) is 5.02. The Labute approximate surface area is 145 Å². The van der Waals surface area contributed by atoms with E-state index in [1.54, 1.807) is 13.8 Å². The van der Waals surface area contributed by atoms with Crippen LogP contribution in [-0.2, 0) is 6.54 Å². The van der Waals surface area contributed by atoms with Gasteiger partial charge in [-0.15, -0.1) is 0 Å². The zero-order valence-corrected chi connectivity index (χ0v) is 14.2. The van der Waals surface area contributed by atoms with Gasteiger partial charge in [-0.1, -0.05) is 30.3 Å². The normalized spacial score (nSPS) is 11.2. The van der Waals surface area contributed by atoms with Crippen LogP contribution >= 0.6 is 0 Å². The lowest BCUT2D eigenvalue weighted by Gasteiger charge is -2.29. The Kier molecular flexibility index (Phi) is 5.38. The molecular weight excluding hydrogens is 322 g/mol. The Morgan fingerprint density at radius 1 is 1.24 bits per heavy atom. The van der Waals surface area contributed by atoms with E-state index in [1.165, 1.54) is 23.1 Å². The molecule has 0 bridgehead atoms. The summed E-state index contributed by atoms with van der Waals surface area (Å²) in [7, 11) is 0. The van der Waals surface area contributed by atoms with Crippen LogP contribution in [0.15, 0.2) is 48.5 Å². The van der Waals surface area contributed by atoms with E-state index in [1.807, 2.05) is 30.3 Å². The van der Waals surface area contributed by atoms with Crippen molar-refractivity contribution in [1.29, 1.82) is 0 Å². The lowest BCUT2D eigenvalue weighted by atomic mass is 10.1. The Balaban J connectivity index is 2.34. The molecule has 2 aromatic carbocycles. The molecule has 1 amide bonds. The number of anilines is 1. The van der Waals surface area contributed by atoms with Crippen LogP contribution in [0.5, 0.6) is 0 Å². The third-order valence-corrected chi connectivity index (χ3v) is 3.56. The zero-order chi connectivity index (χ0) is 18.6. The maximum Gasteiger partial charge on any atom is 0.292 e. The molecule has 0 fully saturated rings. The molecule has 0 aromatic heterocycles. The highest BCUT2D eigenvalue weighted by atomic mass is 16.6. The van der Waals surface area contributed by atoms with E-state index in [4.69, 9.17) is 5.73 Å². The fourth-order valence-corrected chi connectivity index (χ4v) is 2.49. The number of nitro benzene ring substituents is 1. The van der Waals surface area contributed by atoms with E-state index >= 15 is 0 Å². The number of benzene rings is 2. The second-order valence-corrected chi connectivity index (χ2v) is 6.49. The monoisotopic (exact) mass is 343 g/mol. The first-order chi connectivity index (χ1) is 11.7. The molecule has 25 heavy (non-hydrogen) atoms. The van der Waals surface area contributed by atoms with Crippen LogP contribution in [0, 0.1) is 10.1 Å². The van der Waals surface area contributed by atoms with Gasteiger partial charge in [0, 0.05) is 24.7 Å². The van der Waals surface area contributed by atoms with Crippen LogP contribution < -0.4 is 5.73 Å². The van der Waals surface area contributed by atoms with Crippen molar-refractivity contribution >= 4 is 17.3 Å². The average molecular weight is 343 g/mol. The second kappa shape index (κ2) is 7.31. The van der Waals surface area contributed by atoms with Crippen LogP contribution in [0.3, 0.4) is 0 Å². The summed E-state index contributed by atoms with van der Waals surface area (Å²) >= 11 is 0. The van der Waals surface area contributed by atoms with Gasteiger partial charge in [0.25, 0.3) is 11.6 Å². The molecule has 0 aliphatic rings. The molecule has 0 aliphatic carbocycles. The van der Waals surface area contributed by atoms with Gasteiger partial charge in [-0.25, -0.2) is 0 Å². The first-order valence-electron chi connectivity index (χ1n) is 7.77. The summed E-state index contributed by atoms with van der Waals surface area (Å²) < 4.78 is 0. The number of nitrogens with zero attached hydrogens (tertiary/aromatic N) is 2. The number of hydrogen-bond donors (Lipinski definition) is 2. The van der Waals surface area contributed by atoms with E-state index in [9.17, 15) is 20.0 Å². The highest BCUT2D eigenvalue weighted by Gasteiger charge is 2.25. The van der Waals surface area contributed by atoms with Gasteiger partial charge in [0.2, 0.25) is 0 Å². The maximum absolute atomic E-state index is 12.9. The minimum absolute atomic E-state index is 0.00125. The van der Waals surface area contributed by atoms with Gasteiger partial charge in [0.1, 0.15) is 5.69 Å². The molecule has 0 aliphatic heterocycles. The molecule has 0 saturated heterocycles. The summed E-state index contributed by atoms with van der Waals surface area (Å²) in [5, 5.41) is 21.2. The largest absolute Gasteiger partial charge is 0.393 e. The summed E-state index contributed by atoms with van der Waals surface area (Å²) in [4.78, 5) is 24.8. The number of carbonyl (C=O) groups excluding carboxylic acids is 1. The van der Waals surface area contributed by atoms with E-state index in [0.717, 1.165) is 5.56 Å². The van der Waals surface area contributed by atoms with Crippen molar-refractivity contribution in [2.75, 3.05) is 12.3 Å². The molecular formula is C18H21N3O4. The summed E-state index contributed by atoms with van der Waals surface area (Å²) in [6, 6.07) is 13.3. The van der Waals surface area contributed by atoms with E-state index < -0.39 is 16.4 Å². The number of nitro groups is 1. The van der Waals surface area contributed by atoms with Gasteiger partial charge in [-0.2, -0.15) is 0 Å². The molecule has 3 N–H and O–H groups in total. The predicted octanol–water partition coefficient (Wildman–Crippen LogP) is 2.59. The van der Waals surface area contributed by atoms with Crippen molar-refractivity contribution in [2.24, 2.45) is 0 Å². The van der Waals surface area contributed by atoms with Crippen molar-refractivity contribution in [2.45, 2.75) is 26.0 Å². The molecule has 0 unspecified atom stereocenters. The number of hydrogen-bond acceptors (Lipinski definition) is 5. The second-order valence-electron chi connectivity index (χ2n) is 6.49. The van der Waals surface area contributed by atoms with Crippen LogP contribution in [0.1, 0.15) is 29.8 Å². The number of aliphatic hydroxyl groups is 1. The Morgan fingerprint density at radius 2 is 1.88 bits per heavy atom. The first-order valence-corrected chi connectivity index (χ1v) is 7.77. The maximum atomic E-state index is 12.9. The van der Waals surface area contributed by atoms with Gasteiger partial charge in [0.05, 0.1) is 10.5 Å². The van der Waals surface area contributed by atoms with Crippen molar-refractivity contribution in [3.63, 3.8) is 0 Å². The molecule has 0 spiro atoms. The number of nitrogen functional groups attached to an aromatic ring is 1. The van der Waals surface area contributed by atoms with Crippen LogP contribution in [-0.4, -0.2) is 33.0 Å². The van der Waals surface area contributed by atoms with E-state index in [-0.39, 0.29) is 30.0 Å². The summed E-state index contributed by atoms with van der Waals surface area (Å²) in [6.07, 6.45) is 0. The number of nitrogens with two attached hydrogens (primary N) is 1. The van der Waals surface area contributed by atoms with Crippen molar-refractivity contribution < 1.29 is 14.8 Å². The van der Waals surface area contributed by atoms with Crippen LogP contribution in [0.2, 0.25) is 0 Å². The quantitative estimate of drug-likeness (QED) is 0.476. The third-order valence-electron chi connectivity index (χ3n) is 3.56. The van der Waals surface area contributed by atoms with Crippen LogP contribution in [0.4, 0.5) is 11.4 Å². The number of rotatable bonds is 6. The van der Waals surface area contributed by atoms with Gasteiger partial charge in [-0.05, 0) is 31.5 Å². The van der Waals surface area contributed by atoms with Gasteiger partial charge in [0.15, 0.2) is 0 Å². The van der Waals surface area contributed by atoms with Gasteiger partial charge < -0.3 is 15.7 Å². The van der Waals surface area contributed by atoms with E-state index in [0.29, 0.717) is 0 Å². The molecule has 0 saturated carbocycles. The highest BCUT2D eigenvalue weighted by Crippen LogP contribution is 2.24. The van der Waals surface area contributed by atoms with Crippen molar-refractivity contribution in [3.8, 4) is 0 Å². The lowest BCUT2D eigenvalue weighted by Crippen LogP contribution is -2.41. The molecule has 0 radical (unpaired) electrons. The lowest BCUT2D eigenvalue weighted by molar-refractivity contribution is -0.383. The van der Waals surface area contributed by atoms with Crippen molar-refractivity contribution in [3.05, 3.63) is 69.8 Å². The standard InChI is InChI=1S/C18H21N3O4/c1-18(2,23)12-20(11-13-6-4-3-5-7-13)17(22)14-8-9-15(19)16(10-14)21(24)25/h3-10,23H,11-12,19H2,1-2H3. The molecule has 7 nitrogen and oxygen atoms in total. The van der Waals surface area contributed by atoms with Crippen molar-refractivity contribution in [1.82, 2.24) is 4.90 Å². The Bertz CT molecular complexity index is 770. The summed E-state index contributed by atoms with van der Waals surface area (Å²) in [6.45, 7) is 3.56. The minimum Gasteiger partial charge on any atom is -0.393 e. The topological polar surface area (TPSA) is 110 Å². The molecule has 0 atom stereocenters. The fraction of sp³-hybridized carbons (Fsp3) is 0.278. The Hall–Kier alpha value is -2.93. The predicted molar refractivity (Wildman–Crippen MR) is 95.0 cm³/mol. The Morgan fingerprint density at radius 3 is 2.44 bits per heavy atom. The fourth-order valence-electron chi connectivity index (χ4n) is 2.49. The average Bonchev–Trinajstić information content (AvgIpc) is 2.53. The minimum atomic E-state index is -1.11.